The average molecular weight is 331 g/mol. The van der Waals surface area contributed by atoms with Crippen molar-refractivity contribution < 1.29 is 9.59 Å². The van der Waals surface area contributed by atoms with E-state index in [4.69, 9.17) is 12.2 Å². The molecule has 5 nitrogen and oxygen atoms in total. The maximum absolute atomic E-state index is 12.4. The van der Waals surface area contributed by atoms with Crippen molar-refractivity contribution in [1.29, 1.82) is 0 Å². The molecule has 0 radical (unpaired) electrons. The number of carbonyl (C=O) groups excluding carboxylic acids is 2. The summed E-state index contributed by atoms with van der Waals surface area (Å²) >= 11 is 4.89. The molecule has 2 amide bonds. The first-order valence-electron chi connectivity index (χ1n) is 8.12. The van der Waals surface area contributed by atoms with Gasteiger partial charge in [-0.15, -0.1) is 0 Å². The van der Waals surface area contributed by atoms with Gasteiger partial charge in [0.25, 0.3) is 0 Å². The summed E-state index contributed by atoms with van der Waals surface area (Å²) < 4.78 is 0. The Morgan fingerprint density at radius 2 is 1.61 bits per heavy atom. The Labute approximate surface area is 141 Å². The Bertz CT molecular complexity index is 579. The number of rotatable bonds is 4. The van der Waals surface area contributed by atoms with Crippen molar-refractivity contribution in [3.05, 3.63) is 35.9 Å². The highest BCUT2D eigenvalue weighted by atomic mass is 32.1. The molecule has 1 aromatic rings. The number of benzene rings is 1. The summed E-state index contributed by atoms with van der Waals surface area (Å²) in [5.41, 5.74) is 0.946. The van der Waals surface area contributed by atoms with E-state index in [2.05, 4.69) is 16.0 Å². The molecule has 1 saturated heterocycles. The van der Waals surface area contributed by atoms with Gasteiger partial charge >= 0.3 is 0 Å². The van der Waals surface area contributed by atoms with Gasteiger partial charge in [-0.2, -0.15) is 0 Å². The van der Waals surface area contributed by atoms with Crippen LogP contribution in [0.25, 0.3) is 0 Å². The van der Waals surface area contributed by atoms with Crippen LogP contribution in [0.3, 0.4) is 0 Å². The van der Waals surface area contributed by atoms with E-state index in [9.17, 15) is 9.59 Å². The molecule has 23 heavy (non-hydrogen) atoms. The van der Waals surface area contributed by atoms with Gasteiger partial charge in [0.2, 0.25) is 11.8 Å². The molecule has 2 aliphatic rings. The summed E-state index contributed by atoms with van der Waals surface area (Å²) in [5.74, 6) is -1.49. The van der Waals surface area contributed by atoms with Gasteiger partial charge in [0, 0.05) is 6.04 Å². The van der Waals surface area contributed by atoms with E-state index in [1.807, 2.05) is 30.3 Å². The molecule has 6 heteroatoms. The van der Waals surface area contributed by atoms with Crippen molar-refractivity contribution in [2.24, 2.45) is 5.92 Å². The predicted octanol–water partition coefficient (Wildman–Crippen LogP) is 1.80. The first-order chi connectivity index (χ1) is 11.1. The van der Waals surface area contributed by atoms with Crippen LogP contribution in [-0.4, -0.2) is 23.0 Å². The third-order valence-corrected chi connectivity index (χ3v) is 4.75. The van der Waals surface area contributed by atoms with Crippen molar-refractivity contribution in [2.75, 3.05) is 0 Å². The Kier molecular flexibility index (Phi) is 5.03. The predicted molar refractivity (Wildman–Crippen MR) is 91.6 cm³/mol. The zero-order valence-electron chi connectivity index (χ0n) is 12.9. The second kappa shape index (κ2) is 7.19. The summed E-state index contributed by atoms with van der Waals surface area (Å²) in [4.78, 5) is 24.7. The third kappa shape index (κ3) is 3.76. The molecule has 1 aliphatic heterocycles. The first-order valence-corrected chi connectivity index (χ1v) is 8.52. The van der Waals surface area contributed by atoms with Crippen LogP contribution in [0.5, 0.6) is 0 Å². The van der Waals surface area contributed by atoms with Gasteiger partial charge in [-0.1, -0.05) is 49.6 Å². The Balaban J connectivity index is 1.86. The summed E-state index contributed by atoms with van der Waals surface area (Å²) in [7, 11) is 0. The van der Waals surface area contributed by atoms with E-state index in [1.165, 1.54) is 19.3 Å². The Morgan fingerprint density at radius 3 is 2.22 bits per heavy atom. The van der Waals surface area contributed by atoms with Gasteiger partial charge in [0.1, 0.15) is 5.92 Å². The van der Waals surface area contributed by atoms with Crippen LogP contribution in [0.2, 0.25) is 0 Å². The first kappa shape index (κ1) is 16.1. The lowest BCUT2D eigenvalue weighted by molar-refractivity contribution is -0.136. The summed E-state index contributed by atoms with van der Waals surface area (Å²) in [6, 6.07) is 9.67. The van der Waals surface area contributed by atoms with Crippen molar-refractivity contribution >= 4 is 29.1 Å². The molecule has 1 aliphatic carbocycles. The van der Waals surface area contributed by atoms with Crippen LogP contribution in [0.15, 0.2) is 30.3 Å². The van der Waals surface area contributed by atoms with Crippen LogP contribution in [0.4, 0.5) is 0 Å². The molecule has 1 heterocycles. The Morgan fingerprint density at radius 1 is 1.00 bits per heavy atom. The molecule has 3 N–H and O–H groups in total. The van der Waals surface area contributed by atoms with Gasteiger partial charge in [0.05, 0.1) is 6.04 Å². The SMILES string of the molecule is O=C1NC(=S)NC(=O)C1[C@@H](NC1CCCCC1)c1ccccc1. The molecular weight excluding hydrogens is 310 g/mol. The van der Waals surface area contributed by atoms with E-state index in [-0.39, 0.29) is 23.0 Å². The topological polar surface area (TPSA) is 70.2 Å². The van der Waals surface area contributed by atoms with E-state index < -0.39 is 5.92 Å². The van der Waals surface area contributed by atoms with Crippen LogP contribution >= 0.6 is 12.2 Å². The average Bonchev–Trinajstić information content (AvgIpc) is 2.55. The number of amides is 2. The molecule has 0 spiro atoms. The molecule has 0 unspecified atom stereocenters. The monoisotopic (exact) mass is 331 g/mol. The second-order valence-corrected chi connectivity index (χ2v) is 6.58. The molecule has 1 saturated carbocycles. The zero-order chi connectivity index (χ0) is 16.2. The third-order valence-electron chi connectivity index (χ3n) is 4.55. The van der Waals surface area contributed by atoms with Gasteiger partial charge < -0.3 is 16.0 Å². The fourth-order valence-corrected chi connectivity index (χ4v) is 3.60. The number of hydrogen-bond donors (Lipinski definition) is 3. The number of carbonyl (C=O) groups is 2. The lowest BCUT2D eigenvalue weighted by atomic mass is 9.87. The van der Waals surface area contributed by atoms with Crippen LogP contribution in [-0.2, 0) is 9.59 Å². The lowest BCUT2D eigenvalue weighted by Gasteiger charge is -2.34. The second-order valence-electron chi connectivity index (χ2n) is 6.18. The van der Waals surface area contributed by atoms with Crippen molar-refractivity contribution in [2.45, 2.75) is 44.2 Å². The van der Waals surface area contributed by atoms with E-state index in [0.717, 1.165) is 18.4 Å². The minimum atomic E-state index is -0.814. The van der Waals surface area contributed by atoms with Gasteiger partial charge in [-0.25, -0.2) is 0 Å². The molecule has 0 bridgehead atoms. The number of hydrogen-bond acceptors (Lipinski definition) is 4. The number of thiocarbonyl (C=S) groups is 1. The highest BCUT2D eigenvalue weighted by molar-refractivity contribution is 7.80. The molecule has 1 atom stereocenters. The van der Waals surface area contributed by atoms with Crippen molar-refractivity contribution in [3.63, 3.8) is 0 Å². The maximum Gasteiger partial charge on any atom is 0.240 e. The van der Waals surface area contributed by atoms with E-state index >= 15 is 0 Å². The van der Waals surface area contributed by atoms with E-state index in [1.54, 1.807) is 0 Å². The quantitative estimate of drug-likeness (QED) is 0.581. The van der Waals surface area contributed by atoms with Gasteiger partial charge in [0.15, 0.2) is 5.11 Å². The Hall–Kier alpha value is -1.79. The van der Waals surface area contributed by atoms with Crippen LogP contribution < -0.4 is 16.0 Å². The molecular formula is C17H21N3O2S. The summed E-state index contributed by atoms with van der Waals surface area (Å²) in [5, 5.41) is 8.77. The fourth-order valence-electron chi connectivity index (χ4n) is 3.40. The molecule has 3 rings (SSSR count). The highest BCUT2D eigenvalue weighted by Crippen LogP contribution is 2.28. The molecule has 1 aromatic carbocycles. The van der Waals surface area contributed by atoms with Crippen LogP contribution in [0, 0.1) is 5.92 Å². The number of nitrogens with one attached hydrogen (secondary N) is 3. The zero-order valence-corrected chi connectivity index (χ0v) is 13.7. The highest BCUT2D eigenvalue weighted by Gasteiger charge is 2.40. The minimum absolute atomic E-state index is 0.0840. The normalized spacial score (nSPS) is 21.7. The lowest BCUT2D eigenvalue weighted by Crippen LogP contribution is -2.59. The van der Waals surface area contributed by atoms with Gasteiger partial charge in [-0.3, -0.25) is 9.59 Å². The maximum atomic E-state index is 12.4. The van der Waals surface area contributed by atoms with Crippen molar-refractivity contribution in [1.82, 2.24) is 16.0 Å². The van der Waals surface area contributed by atoms with E-state index in [0.29, 0.717) is 6.04 Å². The van der Waals surface area contributed by atoms with Crippen molar-refractivity contribution in [3.8, 4) is 0 Å². The molecule has 122 valence electrons. The standard InChI is InChI=1S/C17H21N3O2S/c21-15-13(16(22)20-17(23)19-15)14(11-7-3-1-4-8-11)18-12-9-5-2-6-10-12/h1,3-4,7-8,12-14,18H,2,5-6,9-10H2,(H2,19,20,21,22,23)/t14-/m0/s1. The minimum Gasteiger partial charge on any atom is -0.306 e. The molecule has 2 fully saturated rings. The largest absolute Gasteiger partial charge is 0.306 e. The van der Waals surface area contributed by atoms with Gasteiger partial charge in [-0.05, 0) is 30.6 Å². The smallest absolute Gasteiger partial charge is 0.240 e. The summed E-state index contributed by atoms with van der Waals surface area (Å²) in [6.07, 6.45) is 5.79. The molecule has 0 aromatic heterocycles. The van der Waals surface area contributed by atoms with Crippen LogP contribution in [0.1, 0.15) is 43.7 Å². The summed E-state index contributed by atoms with van der Waals surface area (Å²) in [6.45, 7) is 0. The fraction of sp³-hybridized carbons (Fsp3) is 0.471.